The number of fused-ring (bicyclic) bond motifs is 3. The van der Waals surface area contributed by atoms with E-state index >= 15 is 0 Å². The minimum absolute atomic E-state index is 0.0277. The summed E-state index contributed by atoms with van der Waals surface area (Å²) in [6.45, 7) is 1.72. The minimum atomic E-state index is -0.554. The second-order valence-corrected chi connectivity index (χ2v) is 4.62. The molecule has 1 atom stereocenters. The molecule has 0 saturated carbocycles. The molecule has 6 heteroatoms. The van der Waals surface area contributed by atoms with E-state index in [0.29, 0.717) is 0 Å². The van der Waals surface area contributed by atoms with Crippen molar-refractivity contribution in [3.63, 3.8) is 0 Å². The third kappa shape index (κ3) is 1.93. The first-order valence-electron chi connectivity index (χ1n) is 6.18. The summed E-state index contributed by atoms with van der Waals surface area (Å²) in [6.07, 6.45) is 3.60. The van der Waals surface area contributed by atoms with Crippen molar-refractivity contribution < 1.29 is 5.02 Å². The predicted molar refractivity (Wildman–Crippen MR) is 69.4 cm³/mol. The van der Waals surface area contributed by atoms with Crippen LogP contribution in [0.15, 0.2) is 30.6 Å². The van der Waals surface area contributed by atoms with Gasteiger partial charge in [-0.3, -0.25) is 4.57 Å². The van der Waals surface area contributed by atoms with Crippen LogP contribution >= 0.6 is 0 Å². The normalized spacial score (nSPS) is 17.8. The summed E-state index contributed by atoms with van der Waals surface area (Å²) in [5.74, 6) is 0.862. The first-order chi connectivity index (χ1) is 8.75. The van der Waals surface area contributed by atoms with Crippen molar-refractivity contribution >= 4 is 7.05 Å². The van der Waals surface area contributed by atoms with E-state index in [1.165, 1.54) is 5.56 Å². The van der Waals surface area contributed by atoms with Crippen molar-refractivity contribution in [3.05, 3.63) is 42.0 Å². The van der Waals surface area contributed by atoms with E-state index in [9.17, 15) is 5.02 Å². The zero-order valence-electron chi connectivity index (χ0n) is 10.2. The van der Waals surface area contributed by atoms with Gasteiger partial charge in [-0.15, -0.1) is 10.2 Å². The molecule has 2 heterocycles. The van der Waals surface area contributed by atoms with Gasteiger partial charge in [-0.2, -0.15) is 0 Å². The number of hydrogen-bond donors (Lipinski definition) is 2. The van der Waals surface area contributed by atoms with E-state index in [1.807, 2.05) is 16.7 Å². The quantitative estimate of drug-likeness (QED) is 0.770. The molecule has 0 amide bonds. The van der Waals surface area contributed by atoms with E-state index in [2.05, 4.69) is 27.6 Å². The minimum Gasteiger partial charge on any atom is -0.437 e. The number of aromatic nitrogens is 3. The van der Waals surface area contributed by atoms with Crippen molar-refractivity contribution in [2.45, 2.75) is 25.7 Å². The molecule has 0 saturated heterocycles. The van der Waals surface area contributed by atoms with E-state index in [0.717, 1.165) is 24.4 Å². The topological polar surface area (TPSA) is 63.0 Å². The van der Waals surface area contributed by atoms with Crippen molar-refractivity contribution in [3.8, 4) is 5.69 Å². The average molecular weight is 242 g/mol. The molecule has 0 unspecified atom stereocenters. The number of aryl methyl sites for hydroxylation is 1. The van der Waals surface area contributed by atoms with Gasteiger partial charge in [0.25, 0.3) is 0 Å². The summed E-state index contributed by atoms with van der Waals surface area (Å²) in [4.78, 5) is 0. The maximum atomic E-state index is 9.51. The SMILES string of the molecule is CB(O)N[C@H]1CCc2ccccc2-n2cnnc21. The number of rotatable bonds is 2. The molecule has 1 aliphatic heterocycles. The van der Waals surface area contributed by atoms with Gasteiger partial charge in [0.1, 0.15) is 6.33 Å². The van der Waals surface area contributed by atoms with Crippen molar-refractivity contribution in [2.24, 2.45) is 0 Å². The van der Waals surface area contributed by atoms with E-state index in [4.69, 9.17) is 0 Å². The second kappa shape index (κ2) is 4.55. The number of benzene rings is 1. The van der Waals surface area contributed by atoms with Crippen LogP contribution < -0.4 is 5.23 Å². The van der Waals surface area contributed by atoms with Crippen LogP contribution in [-0.4, -0.2) is 26.8 Å². The Morgan fingerprint density at radius 2 is 2.28 bits per heavy atom. The highest BCUT2D eigenvalue weighted by Crippen LogP contribution is 2.27. The zero-order valence-corrected chi connectivity index (χ0v) is 10.2. The number of para-hydroxylation sites is 1. The molecule has 0 spiro atoms. The molecule has 2 aromatic rings. The molecule has 0 bridgehead atoms. The average Bonchev–Trinajstić information content (AvgIpc) is 2.78. The molecular formula is C12H15BN4O. The number of nitrogens with one attached hydrogen (secondary N) is 1. The number of hydrogen-bond acceptors (Lipinski definition) is 4. The monoisotopic (exact) mass is 242 g/mol. The van der Waals surface area contributed by atoms with Gasteiger partial charge in [-0.05, 0) is 31.3 Å². The van der Waals surface area contributed by atoms with Crippen molar-refractivity contribution in [2.75, 3.05) is 0 Å². The van der Waals surface area contributed by atoms with Crippen molar-refractivity contribution in [1.82, 2.24) is 20.0 Å². The Kier molecular flexibility index (Phi) is 2.89. The summed E-state index contributed by atoms with van der Waals surface area (Å²) < 4.78 is 2.00. The third-order valence-corrected chi connectivity index (χ3v) is 3.28. The maximum Gasteiger partial charge on any atom is 0.374 e. The van der Waals surface area contributed by atoms with E-state index in [-0.39, 0.29) is 6.04 Å². The molecule has 0 aliphatic carbocycles. The van der Waals surface area contributed by atoms with Crippen LogP contribution in [0, 0.1) is 0 Å². The second-order valence-electron chi connectivity index (χ2n) is 4.62. The van der Waals surface area contributed by atoms with Crippen LogP contribution in [0.3, 0.4) is 0 Å². The summed E-state index contributed by atoms with van der Waals surface area (Å²) in [6, 6.07) is 8.30. The smallest absolute Gasteiger partial charge is 0.374 e. The van der Waals surface area contributed by atoms with Gasteiger partial charge in [-0.25, -0.2) is 0 Å². The molecule has 92 valence electrons. The highest BCUT2D eigenvalue weighted by atomic mass is 16.2. The van der Waals surface area contributed by atoms with Crippen LogP contribution in [0.5, 0.6) is 0 Å². The third-order valence-electron chi connectivity index (χ3n) is 3.28. The Morgan fingerprint density at radius 1 is 1.44 bits per heavy atom. The highest BCUT2D eigenvalue weighted by Gasteiger charge is 2.25. The highest BCUT2D eigenvalue weighted by molar-refractivity contribution is 6.45. The fraction of sp³-hybridized carbons (Fsp3) is 0.333. The maximum absolute atomic E-state index is 9.51. The van der Waals surface area contributed by atoms with E-state index < -0.39 is 7.05 Å². The number of nitrogens with zero attached hydrogens (tertiary/aromatic N) is 3. The standard InChI is InChI=1S/C12H15BN4O/c1-13(18)15-10-7-6-9-4-2-3-5-11(9)17-8-14-16-12(10)17/h2-5,8,10,15,18H,6-7H2,1H3/t10-/m0/s1. The van der Waals surface area contributed by atoms with Crippen molar-refractivity contribution in [1.29, 1.82) is 0 Å². The molecule has 0 radical (unpaired) electrons. The van der Waals surface area contributed by atoms with Crippen LogP contribution in [0.2, 0.25) is 6.82 Å². The fourth-order valence-corrected chi connectivity index (χ4v) is 2.50. The van der Waals surface area contributed by atoms with Crippen LogP contribution in [0.4, 0.5) is 0 Å². The Hall–Kier alpha value is -1.66. The first-order valence-corrected chi connectivity index (χ1v) is 6.18. The summed E-state index contributed by atoms with van der Waals surface area (Å²) in [7, 11) is -0.554. The van der Waals surface area contributed by atoms with Gasteiger partial charge in [0, 0.05) is 0 Å². The molecule has 2 N–H and O–H groups in total. The lowest BCUT2D eigenvalue weighted by molar-refractivity contribution is 0.494. The molecule has 1 aromatic carbocycles. The summed E-state index contributed by atoms with van der Waals surface area (Å²) in [5.41, 5.74) is 2.42. The Labute approximate surface area is 106 Å². The van der Waals surface area contributed by atoms with Gasteiger partial charge in [-0.1, -0.05) is 18.2 Å². The fourth-order valence-electron chi connectivity index (χ4n) is 2.50. The van der Waals surface area contributed by atoms with Gasteiger partial charge < -0.3 is 10.3 Å². The predicted octanol–water partition coefficient (Wildman–Crippen LogP) is 0.954. The molecule has 18 heavy (non-hydrogen) atoms. The Bertz CT molecular complexity index is 555. The van der Waals surface area contributed by atoms with Gasteiger partial charge in [0.2, 0.25) is 0 Å². The Balaban J connectivity index is 2.06. The molecule has 1 aliphatic rings. The zero-order chi connectivity index (χ0) is 12.5. The van der Waals surface area contributed by atoms with Gasteiger partial charge in [0.05, 0.1) is 11.7 Å². The molecular weight excluding hydrogens is 227 g/mol. The molecule has 1 aromatic heterocycles. The lowest BCUT2D eigenvalue weighted by Gasteiger charge is -2.16. The molecule has 5 nitrogen and oxygen atoms in total. The summed E-state index contributed by atoms with van der Waals surface area (Å²) in [5, 5.41) is 20.8. The van der Waals surface area contributed by atoms with Gasteiger partial charge in [0.15, 0.2) is 5.82 Å². The Morgan fingerprint density at radius 3 is 3.11 bits per heavy atom. The first kappa shape index (κ1) is 11.4. The largest absolute Gasteiger partial charge is 0.437 e. The van der Waals surface area contributed by atoms with Crippen LogP contribution in [-0.2, 0) is 6.42 Å². The van der Waals surface area contributed by atoms with E-state index in [1.54, 1.807) is 13.2 Å². The lowest BCUT2D eigenvalue weighted by Crippen LogP contribution is -2.35. The van der Waals surface area contributed by atoms with Crippen LogP contribution in [0.1, 0.15) is 23.9 Å². The van der Waals surface area contributed by atoms with Crippen LogP contribution in [0.25, 0.3) is 5.69 Å². The lowest BCUT2D eigenvalue weighted by atomic mass is 9.86. The molecule has 0 fully saturated rings. The summed E-state index contributed by atoms with van der Waals surface area (Å²) >= 11 is 0. The molecule has 3 rings (SSSR count). The van der Waals surface area contributed by atoms with Gasteiger partial charge >= 0.3 is 7.05 Å².